The molecule has 2 saturated carbocycles. The molecule has 0 saturated heterocycles. The lowest BCUT2D eigenvalue weighted by Gasteiger charge is -2.41. The van der Waals surface area contributed by atoms with Crippen LogP contribution in [0.4, 0.5) is 0 Å². The number of carboxylic acids is 1. The van der Waals surface area contributed by atoms with Crippen LogP contribution < -0.4 is 0 Å². The molecular formula is C9H14O3. The molecule has 0 aliphatic heterocycles. The number of rotatable bonds is 3. The first-order valence-corrected chi connectivity index (χ1v) is 4.54. The van der Waals surface area contributed by atoms with Gasteiger partial charge in [0.2, 0.25) is 0 Å². The molecule has 0 unspecified atom stereocenters. The van der Waals surface area contributed by atoms with E-state index in [1.807, 2.05) is 0 Å². The van der Waals surface area contributed by atoms with Crippen LogP contribution in [0.2, 0.25) is 0 Å². The van der Waals surface area contributed by atoms with Crippen LogP contribution in [-0.2, 0) is 4.79 Å². The van der Waals surface area contributed by atoms with Crippen molar-refractivity contribution in [3.8, 4) is 0 Å². The highest BCUT2D eigenvalue weighted by Gasteiger charge is 2.52. The van der Waals surface area contributed by atoms with Gasteiger partial charge in [-0.05, 0) is 25.2 Å². The van der Waals surface area contributed by atoms with E-state index in [-0.39, 0.29) is 6.10 Å². The summed E-state index contributed by atoms with van der Waals surface area (Å²) in [5.74, 6) is -0.0756. The van der Waals surface area contributed by atoms with Crippen molar-refractivity contribution in [2.75, 3.05) is 0 Å². The van der Waals surface area contributed by atoms with Gasteiger partial charge in [0.15, 0.2) is 0 Å². The number of aliphatic hydroxyl groups is 1. The molecule has 2 N–H and O–H groups in total. The lowest BCUT2D eigenvalue weighted by atomic mass is 9.64. The minimum atomic E-state index is -0.709. The lowest BCUT2D eigenvalue weighted by Crippen LogP contribution is -2.47. The number of hydrogen-bond donors (Lipinski definition) is 2. The standard InChI is InChI=1S/C9H14O3/c10-7-4-9(5-7,8(11)12)3-6-1-2-6/h6-7,10H,1-5H2,(H,11,12). The minimum absolute atomic E-state index is 0.361. The van der Waals surface area contributed by atoms with Crippen molar-refractivity contribution < 1.29 is 15.0 Å². The fourth-order valence-corrected chi connectivity index (χ4v) is 2.15. The number of carboxylic acid groups (broad SMARTS) is 1. The number of aliphatic hydroxyl groups excluding tert-OH is 1. The number of hydrogen-bond acceptors (Lipinski definition) is 2. The molecule has 0 radical (unpaired) electrons. The molecular weight excluding hydrogens is 156 g/mol. The second-order valence-corrected chi connectivity index (χ2v) is 4.30. The summed E-state index contributed by atoms with van der Waals surface area (Å²) in [5, 5.41) is 18.1. The Morgan fingerprint density at radius 2 is 2.00 bits per heavy atom. The fourth-order valence-electron chi connectivity index (χ4n) is 2.15. The first kappa shape index (κ1) is 8.05. The molecule has 3 heteroatoms. The predicted octanol–water partition coefficient (Wildman–Crippen LogP) is 1.01. The van der Waals surface area contributed by atoms with Gasteiger partial charge in [0.1, 0.15) is 0 Å². The van der Waals surface area contributed by atoms with Crippen LogP contribution in [0.3, 0.4) is 0 Å². The Bertz CT molecular complexity index is 202. The van der Waals surface area contributed by atoms with Crippen molar-refractivity contribution in [1.29, 1.82) is 0 Å². The monoisotopic (exact) mass is 170 g/mol. The average molecular weight is 170 g/mol. The highest BCUT2D eigenvalue weighted by atomic mass is 16.4. The molecule has 12 heavy (non-hydrogen) atoms. The zero-order valence-electron chi connectivity index (χ0n) is 6.99. The maximum Gasteiger partial charge on any atom is 0.309 e. The third-order valence-corrected chi connectivity index (χ3v) is 3.08. The molecule has 2 rings (SSSR count). The predicted molar refractivity (Wildman–Crippen MR) is 42.7 cm³/mol. The highest BCUT2D eigenvalue weighted by molar-refractivity contribution is 5.76. The van der Waals surface area contributed by atoms with Gasteiger partial charge >= 0.3 is 5.97 Å². The molecule has 0 aromatic heterocycles. The van der Waals surface area contributed by atoms with Crippen LogP contribution in [0.5, 0.6) is 0 Å². The maximum atomic E-state index is 10.9. The molecule has 0 bridgehead atoms. The van der Waals surface area contributed by atoms with Gasteiger partial charge in [0, 0.05) is 0 Å². The Kier molecular flexibility index (Phi) is 1.65. The zero-order valence-corrected chi connectivity index (χ0v) is 6.99. The molecule has 2 fully saturated rings. The van der Waals surface area contributed by atoms with Crippen LogP contribution >= 0.6 is 0 Å². The van der Waals surface area contributed by atoms with Crippen molar-refractivity contribution in [2.24, 2.45) is 11.3 Å². The van der Waals surface area contributed by atoms with Gasteiger partial charge in [0.25, 0.3) is 0 Å². The summed E-state index contributed by atoms with van der Waals surface area (Å²) < 4.78 is 0. The van der Waals surface area contributed by atoms with E-state index in [1.54, 1.807) is 0 Å². The molecule has 0 heterocycles. The largest absolute Gasteiger partial charge is 0.481 e. The fraction of sp³-hybridized carbons (Fsp3) is 0.889. The third-order valence-electron chi connectivity index (χ3n) is 3.08. The third kappa shape index (κ3) is 1.22. The SMILES string of the molecule is O=C(O)C1(CC2CC2)CC(O)C1. The van der Waals surface area contributed by atoms with E-state index in [4.69, 9.17) is 10.2 Å². The summed E-state index contributed by atoms with van der Waals surface area (Å²) in [7, 11) is 0. The van der Waals surface area contributed by atoms with Crippen LogP contribution in [-0.4, -0.2) is 22.3 Å². The van der Waals surface area contributed by atoms with E-state index >= 15 is 0 Å². The summed E-state index contributed by atoms with van der Waals surface area (Å²) >= 11 is 0. The Hall–Kier alpha value is -0.570. The first-order chi connectivity index (χ1) is 5.62. The van der Waals surface area contributed by atoms with Gasteiger partial charge in [0.05, 0.1) is 11.5 Å². The van der Waals surface area contributed by atoms with Gasteiger partial charge in [-0.3, -0.25) is 4.79 Å². The molecule has 0 aromatic carbocycles. The van der Waals surface area contributed by atoms with Crippen molar-refractivity contribution >= 4 is 5.97 Å². The lowest BCUT2D eigenvalue weighted by molar-refractivity contribution is -0.164. The Balaban J connectivity index is 1.97. The van der Waals surface area contributed by atoms with Gasteiger partial charge in [-0.1, -0.05) is 12.8 Å². The molecule has 0 amide bonds. The number of carbonyl (C=O) groups is 1. The maximum absolute atomic E-state index is 10.9. The van der Waals surface area contributed by atoms with Crippen LogP contribution in [0.1, 0.15) is 32.1 Å². The Morgan fingerprint density at radius 3 is 2.33 bits per heavy atom. The van der Waals surface area contributed by atoms with Crippen LogP contribution in [0.15, 0.2) is 0 Å². The second kappa shape index (κ2) is 2.46. The molecule has 3 nitrogen and oxygen atoms in total. The van der Waals surface area contributed by atoms with Crippen molar-refractivity contribution in [2.45, 2.75) is 38.2 Å². The van der Waals surface area contributed by atoms with E-state index in [1.165, 1.54) is 12.8 Å². The summed E-state index contributed by atoms with van der Waals surface area (Å²) in [6.45, 7) is 0. The summed E-state index contributed by atoms with van der Waals surface area (Å²) in [5.41, 5.74) is -0.555. The molecule has 0 aromatic rings. The van der Waals surface area contributed by atoms with Gasteiger partial charge in [-0.25, -0.2) is 0 Å². The number of aliphatic carboxylic acids is 1. The van der Waals surface area contributed by atoms with Crippen LogP contribution in [0.25, 0.3) is 0 Å². The molecule has 2 aliphatic carbocycles. The normalized spacial score (nSPS) is 40.6. The topological polar surface area (TPSA) is 57.5 Å². The molecule has 0 spiro atoms. The quantitative estimate of drug-likeness (QED) is 0.664. The van der Waals surface area contributed by atoms with Gasteiger partial charge < -0.3 is 10.2 Å². The smallest absolute Gasteiger partial charge is 0.309 e. The van der Waals surface area contributed by atoms with E-state index in [0.717, 1.165) is 6.42 Å². The summed E-state index contributed by atoms with van der Waals surface area (Å²) in [6.07, 6.45) is 3.74. The van der Waals surface area contributed by atoms with Crippen molar-refractivity contribution in [3.63, 3.8) is 0 Å². The molecule has 68 valence electrons. The Morgan fingerprint density at radius 1 is 1.42 bits per heavy atom. The van der Waals surface area contributed by atoms with Gasteiger partial charge in [-0.15, -0.1) is 0 Å². The molecule has 2 aliphatic rings. The minimum Gasteiger partial charge on any atom is -0.481 e. The van der Waals surface area contributed by atoms with E-state index in [9.17, 15) is 4.79 Å². The van der Waals surface area contributed by atoms with Crippen LogP contribution in [0, 0.1) is 11.3 Å². The zero-order chi connectivity index (χ0) is 8.77. The second-order valence-electron chi connectivity index (χ2n) is 4.30. The van der Waals surface area contributed by atoms with Crippen molar-refractivity contribution in [3.05, 3.63) is 0 Å². The van der Waals surface area contributed by atoms with Crippen molar-refractivity contribution in [1.82, 2.24) is 0 Å². The highest BCUT2D eigenvalue weighted by Crippen LogP contribution is 2.51. The van der Waals surface area contributed by atoms with E-state index in [2.05, 4.69) is 0 Å². The summed E-state index contributed by atoms with van der Waals surface area (Å²) in [6, 6.07) is 0. The van der Waals surface area contributed by atoms with E-state index < -0.39 is 11.4 Å². The summed E-state index contributed by atoms with van der Waals surface area (Å²) in [4.78, 5) is 10.9. The average Bonchev–Trinajstić information content (AvgIpc) is 2.67. The Labute approximate surface area is 71.4 Å². The first-order valence-electron chi connectivity index (χ1n) is 4.54. The van der Waals surface area contributed by atoms with E-state index in [0.29, 0.717) is 18.8 Å². The molecule has 0 atom stereocenters. The van der Waals surface area contributed by atoms with Gasteiger partial charge in [-0.2, -0.15) is 0 Å².